The van der Waals surface area contributed by atoms with Gasteiger partial charge in [0, 0.05) is 34.6 Å². The highest BCUT2D eigenvalue weighted by Gasteiger charge is 2.15. The monoisotopic (exact) mass is 433 g/mol. The molecule has 10 heteroatoms. The van der Waals surface area contributed by atoms with Gasteiger partial charge in [0.25, 0.3) is 5.69 Å². The number of nitro groups is 1. The average Bonchev–Trinajstić information content (AvgIpc) is 2.77. The second kappa shape index (κ2) is 9.94. The highest BCUT2D eigenvalue weighted by Crippen LogP contribution is 2.22. The van der Waals surface area contributed by atoms with Gasteiger partial charge in [0.1, 0.15) is 0 Å². The molecule has 3 aromatic carbocycles. The molecule has 32 heavy (non-hydrogen) atoms. The third-order valence-corrected chi connectivity index (χ3v) is 4.35. The van der Waals surface area contributed by atoms with Gasteiger partial charge < -0.3 is 10.6 Å². The van der Waals surface area contributed by atoms with E-state index in [1.807, 2.05) is 30.3 Å². The number of nitrogens with zero attached hydrogens (tertiary/aromatic N) is 2. The fourth-order valence-electron chi connectivity index (χ4n) is 2.88. The molecule has 3 rings (SSSR count). The van der Waals surface area contributed by atoms with Crippen molar-refractivity contribution < 1.29 is 19.3 Å². The largest absolute Gasteiger partial charge is 0.329 e. The minimum atomic E-state index is -0.989. The van der Waals surface area contributed by atoms with Crippen LogP contribution < -0.4 is 16.1 Å². The van der Waals surface area contributed by atoms with Crippen LogP contribution in [0.15, 0.2) is 71.8 Å². The maximum Gasteiger partial charge on any atom is 0.329 e. The zero-order chi connectivity index (χ0) is 23.1. The van der Waals surface area contributed by atoms with Crippen LogP contribution in [-0.4, -0.2) is 28.4 Å². The minimum absolute atomic E-state index is 0.155. The summed E-state index contributed by atoms with van der Waals surface area (Å²) in [7, 11) is 0. The van der Waals surface area contributed by atoms with E-state index in [9.17, 15) is 24.5 Å². The third kappa shape index (κ3) is 5.72. The summed E-state index contributed by atoms with van der Waals surface area (Å²) in [6.45, 7) is 1.50. The van der Waals surface area contributed by atoms with E-state index in [-0.39, 0.29) is 23.5 Å². The molecular weight excluding hydrogens is 414 g/mol. The van der Waals surface area contributed by atoms with Gasteiger partial charge in [0.2, 0.25) is 5.91 Å². The van der Waals surface area contributed by atoms with Crippen LogP contribution in [0.5, 0.6) is 0 Å². The second-order valence-electron chi connectivity index (χ2n) is 6.80. The van der Waals surface area contributed by atoms with Crippen molar-refractivity contribution in [2.45, 2.75) is 13.3 Å². The molecule has 0 saturated carbocycles. The minimum Gasteiger partial charge on any atom is -0.326 e. The number of amides is 3. The molecule has 0 atom stereocenters. The molecule has 0 saturated heterocycles. The van der Waals surface area contributed by atoms with Crippen molar-refractivity contribution in [3.8, 4) is 0 Å². The molecule has 0 aliphatic carbocycles. The average molecular weight is 433 g/mol. The number of carbonyl (C=O) groups excluding carboxylic acids is 3. The summed E-state index contributed by atoms with van der Waals surface area (Å²) in [6, 6.07) is 18.2. The Morgan fingerprint density at radius 3 is 2.44 bits per heavy atom. The molecule has 0 aliphatic heterocycles. The Morgan fingerprint density at radius 1 is 0.938 bits per heavy atom. The molecule has 0 spiro atoms. The lowest BCUT2D eigenvalue weighted by Crippen LogP contribution is -2.33. The zero-order valence-corrected chi connectivity index (χ0v) is 17.0. The molecule has 0 aromatic heterocycles. The predicted octanol–water partition coefficient (Wildman–Crippen LogP) is 3.21. The summed E-state index contributed by atoms with van der Waals surface area (Å²) in [6.07, 6.45) is -0.187. The van der Waals surface area contributed by atoms with Crippen molar-refractivity contribution in [3.05, 3.63) is 76.8 Å². The quantitative estimate of drug-likeness (QED) is 0.237. The van der Waals surface area contributed by atoms with Gasteiger partial charge in [-0.25, -0.2) is 5.43 Å². The van der Waals surface area contributed by atoms with E-state index < -0.39 is 22.6 Å². The predicted molar refractivity (Wildman–Crippen MR) is 120 cm³/mol. The number of nitrogens with one attached hydrogen (secondary N) is 3. The van der Waals surface area contributed by atoms with E-state index in [0.29, 0.717) is 5.69 Å². The molecule has 3 N–H and O–H groups in total. The smallest absolute Gasteiger partial charge is 0.326 e. The molecule has 0 fully saturated rings. The number of non-ortho nitro benzene ring substituents is 1. The van der Waals surface area contributed by atoms with Crippen LogP contribution in [0.3, 0.4) is 0 Å². The van der Waals surface area contributed by atoms with Gasteiger partial charge in [-0.1, -0.05) is 42.5 Å². The van der Waals surface area contributed by atoms with Gasteiger partial charge in [-0.05, 0) is 24.4 Å². The second-order valence-corrected chi connectivity index (χ2v) is 6.80. The lowest BCUT2D eigenvalue weighted by molar-refractivity contribution is -0.384. The number of benzene rings is 3. The first-order chi connectivity index (χ1) is 15.3. The van der Waals surface area contributed by atoms with Crippen LogP contribution in [-0.2, 0) is 14.4 Å². The lowest BCUT2D eigenvalue weighted by atomic mass is 10.1. The Balaban J connectivity index is 1.55. The van der Waals surface area contributed by atoms with Crippen molar-refractivity contribution in [2.24, 2.45) is 5.10 Å². The third-order valence-electron chi connectivity index (χ3n) is 4.35. The molecular formula is C22H19N5O5. The van der Waals surface area contributed by atoms with Crippen LogP contribution in [0, 0.1) is 10.1 Å². The summed E-state index contributed by atoms with van der Waals surface area (Å²) >= 11 is 0. The molecule has 0 bridgehead atoms. The van der Waals surface area contributed by atoms with Crippen LogP contribution in [0.1, 0.15) is 13.3 Å². The molecule has 0 unspecified atom stereocenters. The molecule has 0 aliphatic rings. The highest BCUT2D eigenvalue weighted by atomic mass is 16.6. The first kappa shape index (κ1) is 22.1. The number of rotatable bonds is 6. The standard InChI is InChI=1S/C22H19N5O5/c1-14(12-20(28)23-16-8-5-9-17(13-16)27(31)32)25-26-22(30)21(29)24-19-11-4-7-15-6-2-3-10-18(15)19/h2-11,13H,12H2,1H3,(H,23,28)(H,24,29)(H,26,30)/b25-14+. The van der Waals surface area contributed by atoms with Crippen molar-refractivity contribution in [3.63, 3.8) is 0 Å². The van der Waals surface area contributed by atoms with Gasteiger partial charge >= 0.3 is 11.8 Å². The van der Waals surface area contributed by atoms with Gasteiger partial charge in [0.15, 0.2) is 0 Å². The van der Waals surface area contributed by atoms with Gasteiger partial charge in [-0.3, -0.25) is 24.5 Å². The Morgan fingerprint density at radius 2 is 1.66 bits per heavy atom. The first-order valence-corrected chi connectivity index (χ1v) is 9.50. The fourth-order valence-corrected chi connectivity index (χ4v) is 2.88. The van der Waals surface area contributed by atoms with Crippen molar-refractivity contribution in [1.29, 1.82) is 0 Å². The summed E-state index contributed by atoms with van der Waals surface area (Å²) in [5.74, 6) is -2.38. The lowest BCUT2D eigenvalue weighted by Gasteiger charge is -2.08. The number of carbonyl (C=O) groups is 3. The molecule has 3 amide bonds. The fraction of sp³-hybridized carbons (Fsp3) is 0.0909. The Labute approximate surface area is 182 Å². The topological polar surface area (TPSA) is 143 Å². The number of hydrazone groups is 1. The number of anilines is 2. The van der Waals surface area contributed by atoms with E-state index in [4.69, 9.17) is 0 Å². The van der Waals surface area contributed by atoms with Gasteiger partial charge in [0.05, 0.1) is 11.3 Å². The van der Waals surface area contributed by atoms with E-state index in [0.717, 1.165) is 10.8 Å². The molecule has 10 nitrogen and oxygen atoms in total. The number of hydrogen-bond acceptors (Lipinski definition) is 6. The number of nitro benzene ring substituents is 1. The van der Waals surface area contributed by atoms with Crippen molar-refractivity contribution in [1.82, 2.24) is 5.43 Å². The van der Waals surface area contributed by atoms with Crippen LogP contribution >= 0.6 is 0 Å². The molecule has 0 radical (unpaired) electrons. The van der Waals surface area contributed by atoms with Crippen LogP contribution in [0.4, 0.5) is 17.1 Å². The van der Waals surface area contributed by atoms with Crippen molar-refractivity contribution in [2.75, 3.05) is 10.6 Å². The Bertz CT molecular complexity index is 1230. The summed E-state index contributed by atoms with van der Waals surface area (Å²) in [4.78, 5) is 46.6. The van der Waals surface area contributed by atoms with E-state index >= 15 is 0 Å². The van der Waals surface area contributed by atoms with E-state index in [1.165, 1.54) is 31.2 Å². The molecule has 0 heterocycles. The SMILES string of the molecule is C/C(CC(=O)Nc1cccc([N+](=O)[O-])c1)=N\NC(=O)C(=O)Nc1cccc2ccccc12. The number of hydrogen-bond donors (Lipinski definition) is 3. The maximum atomic E-state index is 12.2. The summed E-state index contributed by atoms with van der Waals surface area (Å²) in [5.41, 5.74) is 2.94. The molecule has 3 aromatic rings. The number of fused-ring (bicyclic) bond motifs is 1. The highest BCUT2D eigenvalue weighted by molar-refractivity contribution is 6.40. The molecule has 162 valence electrons. The van der Waals surface area contributed by atoms with Crippen LogP contribution in [0.2, 0.25) is 0 Å². The zero-order valence-electron chi connectivity index (χ0n) is 17.0. The van der Waals surface area contributed by atoms with E-state index in [1.54, 1.807) is 12.1 Å². The Kier molecular flexibility index (Phi) is 6.86. The first-order valence-electron chi connectivity index (χ1n) is 9.50. The maximum absolute atomic E-state index is 12.2. The van der Waals surface area contributed by atoms with Crippen LogP contribution in [0.25, 0.3) is 10.8 Å². The summed E-state index contributed by atoms with van der Waals surface area (Å²) < 4.78 is 0. The van der Waals surface area contributed by atoms with Crippen molar-refractivity contribution >= 4 is 51.3 Å². The van der Waals surface area contributed by atoms with Gasteiger partial charge in [-0.15, -0.1) is 0 Å². The normalized spacial score (nSPS) is 11.0. The Hall–Kier alpha value is -4.60. The van der Waals surface area contributed by atoms with E-state index in [2.05, 4.69) is 21.2 Å². The van der Waals surface area contributed by atoms with Gasteiger partial charge in [-0.2, -0.15) is 5.10 Å². The summed E-state index contributed by atoms with van der Waals surface area (Å²) in [5, 5.41) is 21.3.